The summed E-state index contributed by atoms with van der Waals surface area (Å²) in [7, 11) is -5.87. The predicted molar refractivity (Wildman–Crippen MR) is 74.7 cm³/mol. The average molecular weight is 368 g/mol. The van der Waals surface area contributed by atoms with Gasteiger partial charge in [0.1, 0.15) is 12.4 Å². The van der Waals surface area contributed by atoms with E-state index >= 15 is 0 Å². The van der Waals surface area contributed by atoms with Crippen molar-refractivity contribution in [2.75, 3.05) is 13.2 Å². The minimum atomic E-state index is -5.87. The van der Waals surface area contributed by atoms with E-state index in [4.69, 9.17) is 9.29 Å². The van der Waals surface area contributed by atoms with E-state index in [9.17, 15) is 26.8 Å². The highest BCUT2D eigenvalue weighted by Crippen LogP contribution is 2.55. The lowest BCUT2D eigenvalue weighted by Gasteiger charge is -2.55. The molecule has 4 bridgehead atoms. The van der Waals surface area contributed by atoms with E-state index in [1.165, 1.54) is 0 Å². The van der Waals surface area contributed by atoms with E-state index in [0.717, 1.165) is 19.3 Å². The van der Waals surface area contributed by atoms with Crippen molar-refractivity contribution in [3.63, 3.8) is 0 Å². The minimum absolute atomic E-state index is 0.0114. The van der Waals surface area contributed by atoms with Gasteiger partial charge in [-0.15, -0.1) is 0 Å². The molecule has 0 aromatic rings. The zero-order valence-corrected chi connectivity index (χ0v) is 13.6. The number of esters is 1. The van der Waals surface area contributed by atoms with Crippen molar-refractivity contribution in [1.82, 2.24) is 0 Å². The Morgan fingerprint density at radius 1 is 1.21 bits per heavy atom. The fourth-order valence-electron chi connectivity index (χ4n) is 4.43. The summed E-state index contributed by atoms with van der Waals surface area (Å²) < 4.78 is 65.2. The fraction of sp³-hybridized carbons (Fsp3) is 0.857. The molecule has 1 N–H and O–H groups in total. The first-order valence-corrected chi connectivity index (χ1v) is 9.18. The number of hydrogen-bond donors (Lipinski definition) is 1. The van der Waals surface area contributed by atoms with Gasteiger partial charge in [-0.25, -0.2) is 4.79 Å². The lowest BCUT2D eigenvalue weighted by molar-refractivity contribution is -0.184. The summed E-state index contributed by atoms with van der Waals surface area (Å²) in [6.07, 6.45) is 3.72. The molecule has 4 aliphatic rings. The highest BCUT2D eigenvalue weighted by Gasteiger charge is 2.56. The summed E-state index contributed by atoms with van der Waals surface area (Å²) in [5, 5.41) is -5.00. The average Bonchev–Trinajstić information content (AvgIpc) is 2.46. The van der Waals surface area contributed by atoms with Crippen LogP contribution in [0.2, 0.25) is 0 Å². The Bertz CT molecular complexity index is 642. The van der Waals surface area contributed by atoms with E-state index in [-0.39, 0.29) is 24.2 Å². The summed E-state index contributed by atoms with van der Waals surface area (Å²) >= 11 is 0. The summed E-state index contributed by atoms with van der Waals surface area (Å²) in [5.74, 6) is -1.66. The van der Waals surface area contributed by atoms with Gasteiger partial charge in [0.15, 0.2) is 0 Å². The number of alkyl halides is 2. The predicted octanol–water partition coefficient (Wildman–Crippen LogP) is 1.17. The Hall–Kier alpha value is -1.13. The molecule has 10 heteroatoms. The number of rotatable bonds is 6. The van der Waals surface area contributed by atoms with Crippen molar-refractivity contribution < 1.29 is 40.8 Å². The molecule has 4 rings (SSSR count). The molecule has 7 nitrogen and oxygen atoms in total. The smallest absolute Gasteiger partial charge is 0.458 e. The van der Waals surface area contributed by atoms with Gasteiger partial charge in [-0.2, -0.15) is 17.2 Å². The third-order valence-corrected chi connectivity index (χ3v) is 6.04. The molecule has 0 heterocycles. The topological polar surface area (TPSA) is 107 Å². The fourth-order valence-corrected chi connectivity index (χ4v) is 4.70. The number of carbonyl (C=O) groups is 2. The Kier molecular flexibility index (Phi) is 4.20. The molecule has 0 radical (unpaired) electrons. The molecule has 0 spiro atoms. The van der Waals surface area contributed by atoms with Gasteiger partial charge >= 0.3 is 21.3 Å². The molecule has 0 aromatic heterocycles. The van der Waals surface area contributed by atoms with E-state index in [2.05, 4.69) is 4.74 Å². The Labute approximate surface area is 137 Å². The zero-order chi connectivity index (χ0) is 17.8. The number of ketones is 1. The standard InChI is InChI=1S/C14H18F2O7S/c15-14(16,24(19,20)21)12(18)22-1-2-23-13-5-8-3-9(6-13)11(17)10(4-8)7-13/h8-10H,1-7H2,(H,19,20,21). The molecule has 136 valence electrons. The van der Waals surface area contributed by atoms with Crippen LogP contribution in [-0.2, 0) is 29.2 Å². The van der Waals surface area contributed by atoms with Crippen LogP contribution < -0.4 is 0 Å². The number of hydrogen-bond acceptors (Lipinski definition) is 6. The van der Waals surface area contributed by atoms with Crippen LogP contribution >= 0.6 is 0 Å². The largest absolute Gasteiger partial charge is 0.465 e. The molecule has 4 fully saturated rings. The minimum Gasteiger partial charge on any atom is -0.458 e. The number of Topliss-reactive ketones (excluding diaryl/α,β-unsaturated/α-hetero) is 1. The molecule has 4 saturated carbocycles. The van der Waals surface area contributed by atoms with Crippen molar-refractivity contribution in [2.24, 2.45) is 17.8 Å². The molecule has 2 atom stereocenters. The third-order valence-electron chi connectivity index (χ3n) is 5.22. The second-order valence-electron chi connectivity index (χ2n) is 6.91. The molecule has 24 heavy (non-hydrogen) atoms. The molecule has 0 aromatic carbocycles. The van der Waals surface area contributed by atoms with Crippen molar-refractivity contribution in [2.45, 2.75) is 43.0 Å². The second-order valence-corrected chi connectivity index (χ2v) is 8.37. The Balaban J connectivity index is 1.51. The van der Waals surface area contributed by atoms with Gasteiger partial charge in [-0.3, -0.25) is 9.35 Å². The van der Waals surface area contributed by atoms with E-state index in [1.807, 2.05) is 0 Å². The lowest BCUT2D eigenvalue weighted by Crippen LogP contribution is -2.56. The van der Waals surface area contributed by atoms with Crippen LogP contribution in [0.3, 0.4) is 0 Å². The van der Waals surface area contributed by atoms with Gasteiger partial charge in [0.2, 0.25) is 0 Å². The van der Waals surface area contributed by atoms with Crippen LogP contribution in [0.4, 0.5) is 8.78 Å². The second kappa shape index (κ2) is 5.70. The Morgan fingerprint density at radius 2 is 1.79 bits per heavy atom. The maximum Gasteiger partial charge on any atom is 0.465 e. The maximum absolute atomic E-state index is 13.0. The Morgan fingerprint density at radius 3 is 2.33 bits per heavy atom. The first-order chi connectivity index (χ1) is 11.0. The van der Waals surface area contributed by atoms with Gasteiger partial charge < -0.3 is 9.47 Å². The highest BCUT2D eigenvalue weighted by atomic mass is 32.2. The van der Waals surface area contributed by atoms with Gasteiger partial charge in [-0.05, 0) is 38.0 Å². The quantitative estimate of drug-likeness (QED) is 0.426. The van der Waals surface area contributed by atoms with E-state index < -0.39 is 33.5 Å². The van der Waals surface area contributed by atoms with Crippen molar-refractivity contribution in [3.8, 4) is 0 Å². The van der Waals surface area contributed by atoms with Crippen molar-refractivity contribution >= 4 is 21.9 Å². The zero-order valence-electron chi connectivity index (χ0n) is 12.7. The molecule has 4 aliphatic carbocycles. The summed E-state index contributed by atoms with van der Waals surface area (Å²) in [6, 6.07) is 0. The van der Waals surface area contributed by atoms with E-state index in [1.54, 1.807) is 0 Å². The molecule has 0 amide bonds. The van der Waals surface area contributed by atoms with Crippen LogP contribution in [0, 0.1) is 17.8 Å². The molecule has 0 aliphatic heterocycles. The van der Waals surface area contributed by atoms with Crippen LogP contribution in [0.5, 0.6) is 0 Å². The van der Waals surface area contributed by atoms with Gasteiger partial charge in [0.25, 0.3) is 0 Å². The van der Waals surface area contributed by atoms with Gasteiger partial charge in [0.05, 0.1) is 12.2 Å². The summed E-state index contributed by atoms with van der Waals surface area (Å²) in [6.45, 7) is -0.729. The number of carbonyl (C=O) groups excluding carboxylic acids is 2. The van der Waals surface area contributed by atoms with Crippen LogP contribution in [0.25, 0.3) is 0 Å². The van der Waals surface area contributed by atoms with Crippen LogP contribution in [0.1, 0.15) is 32.1 Å². The maximum atomic E-state index is 13.0. The number of ether oxygens (including phenoxy) is 2. The van der Waals surface area contributed by atoms with Crippen LogP contribution in [-0.4, -0.2) is 48.8 Å². The third kappa shape index (κ3) is 2.95. The molecule has 2 unspecified atom stereocenters. The first kappa shape index (κ1) is 17.7. The number of halogens is 2. The van der Waals surface area contributed by atoms with Crippen molar-refractivity contribution in [3.05, 3.63) is 0 Å². The first-order valence-electron chi connectivity index (χ1n) is 7.74. The highest BCUT2D eigenvalue weighted by molar-refractivity contribution is 7.87. The van der Waals surface area contributed by atoms with Crippen molar-refractivity contribution in [1.29, 1.82) is 0 Å². The molecular formula is C14H18F2O7S. The lowest BCUT2D eigenvalue weighted by atomic mass is 9.53. The monoisotopic (exact) mass is 368 g/mol. The summed E-state index contributed by atoms with van der Waals surface area (Å²) in [4.78, 5) is 23.1. The summed E-state index contributed by atoms with van der Waals surface area (Å²) in [5.41, 5.74) is -0.484. The molecule has 0 saturated heterocycles. The normalized spacial score (nSPS) is 35.3. The van der Waals surface area contributed by atoms with Crippen LogP contribution in [0.15, 0.2) is 0 Å². The SMILES string of the molecule is O=C1C2CC3CC1CC(OCCOC(=O)C(F)(F)S(=O)(=O)O)(C3)C2. The van der Waals surface area contributed by atoms with Gasteiger partial charge in [-0.1, -0.05) is 0 Å². The molecular weight excluding hydrogens is 350 g/mol. The van der Waals surface area contributed by atoms with E-state index in [0.29, 0.717) is 18.8 Å². The van der Waals surface area contributed by atoms with Gasteiger partial charge in [0, 0.05) is 11.8 Å².